The topological polar surface area (TPSA) is 92.8 Å². The summed E-state index contributed by atoms with van der Waals surface area (Å²) in [5.41, 5.74) is 1.91. The minimum absolute atomic E-state index is 0.0839. The molecule has 3 amide bonds. The molecule has 4 rings (SSSR count). The normalized spacial score (nSPS) is 26.7. The summed E-state index contributed by atoms with van der Waals surface area (Å²) >= 11 is 0. The number of Topliss-reactive ketones (excluding diaryl/α,β-unsaturated/α-hetero) is 1. The number of nitrogens with zero attached hydrogens (tertiary/aromatic N) is 1. The van der Waals surface area contributed by atoms with Crippen molar-refractivity contribution in [1.82, 2.24) is 10.2 Å². The van der Waals surface area contributed by atoms with Gasteiger partial charge in [0, 0.05) is 5.56 Å². The summed E-state index contributed by atoms with van der Waals surface area (Å²) in [4.78, 5) is 51.3. The molecule has 1 aromatic rings. The van der Waals surface area contributed by atoms with Gasteiger partial charge in [0.25, 0.3) is 5.91 Å². The van der Waals surface area contributed by atoms with Crippen LogP contribution in [0.3, 0.4) is 0 Å². The van der Waals surface area contributed by atoms with Crippen molar-refractivity contribution < 1.29 is 23.9 Å². The molecule has 2 fully saturated rings. The van der Waals surface area contributed by atoms with Gasteiger partial charge in [-0.15, -0.1) is 0 Å². The van der Waals surface area contributed by atoms with Crippen molar-refractivity contribution in [1.29, 1.82) is 0 Å². The number of hydrogen-bond donors (Lipinski definition) is 1. The molecule has 1 spiro atoms. The lowest BCUT2D eigenvalue weighted by atomic mass is 9.64. The number of nitrogens with one attached hydrogen (secondary N) is 1. The summed E-state index contributed by atoms with van der Waals surface area (Å²) in [7, 11) is 0. The summed E-state index contributed by atoms with van der Waals surface area (Å²) in [6.07, 6.45) is 5.15. The molecule has 1 saturated carbocycles. The molecule has 166 valence electrons. The van der Waals surface area contributed by atoms with E-state index in [-0.39, 0.29) is 23.0 Å². The standard InChI is InChI=1S/C24H30N2O5/c1-15-10-23(2,3)14-24(11-15)21(29)26(22(30)25-24)12-20(28)31-13-19(27)18-8-7-16-5-4-6-17(16)9-18/h7-9,15H,4-6,10-14H2,1-3H3,(H,25,30)/t15-,24+/m0/s1. The fourth-order valence-corrected chi connectivity index (χ4v) is 5.80. The summed E-state index contributed by atoms with van der Waals surface area (Å²) in [5.74, 6) is -1.15. The van der Waals surface area contributed by atoms with E-state index in [0.717, 1.165) is 30.6 Å². The predicted molar refractivity (Wildman–Crippen MR) is 114 cm³/mol. The van der Waals surface area contributed by atoms with E-state index in [2.05, 4.69) is 26.1 Å². The molecule has 0 unspecified atom stereocenters. The highest BCUT2D eigenvalue weighted by molar-refractivity contribution is 6.09. The molecule has 7 heteroatoms. The number of rotatable bonds is 5. The number of aryl methyl sites for hydroxylation is 2. The van der Waals surface area contributed by atoms with Gasteiger partial charge >= 0.3 is 12.0 Å². The highest BCUT2D eigenvalue weighted by atomic mass is 16.5. The molecule has 7 nitrogen and oxygen atoms in total. The van der Waals surface area contributed by atoms with Crippen molar-refractivity contribution in [2.75, 3.05) is 13.2 Å². The van der Waals surface area contributed by atoms with Gasteiger partial charge in [-0.25, -0.2) is 4.79 Å². The fraction of sp³-hybridized carbons (Fsp3) is 0.583. The Labute approximate surface area is 182 Å². The van der Waals surface area contributed by atoms with Crippen LogP contribution < -0.4 is 5.32 Å². The Bertz CT molecular complexity index is 953. The van der Waals surface area contributed by atoms with Gasteiger partial charge in [0.1, 0.15) is 12.1 Å². The number of carbonyl (C=O) groups is 4. The minimum atomic E-state index is -0.960. The Kier molecular flexibility index (Phi) is 5.40. The molecule has 2 atom stereocenters. The first-order chi connectivity index (χ1) is 14.6. The maximum Gasteiger partial charge on any atom is 0.326 e. The van der Waals surface area contributed by atoms with E-state index < -0.39 is 30.7 Å². The fourth-order valence-electron chi connectivity index (χ4n) is 5.80. The van der Waals surface area contributed by atoms with Crippen molar-refractivity contribution in [2.24, 2.45) is 11.3 Å². The lowest BCUT2D eigenvalue weighted by Gasteiger charge is -2.43. The molecule has 3 aliphatic rings. The monoisotopic (exact) mass is 426 g/mol. The van der Waals surface area contributed by atoms with Crippen LogP contribution >= 0.6 is 0 Å². The van der Waals surface area contributed by atoms with E-state index in [1.54, 1.807) is 6.07 Å². The number of esters is 1. The summed E-state index contributed by atoms with van der Waals surface area (Å²) in [6.45, 7) is 5.36. The molecule has 0 bridgehead atoms. The maximum atomic E-state index is 13.1. The summed E-state index contributed by atoms with van der Waals surface area (Å²) in [6, 6.07) is 5.01. The van der Waals surface area contributed by atoms with Crippen LogP contribution in [0.15, 0.2) is 18.2 Å². The van der Waals surface area contributed by atoms with E-state index in [1.807, 2.05) is 12.1 Å². The van der Waals surface area contributed by atoms with Crippen LogP contribution in [0.5, 0.6) is 0 Å². The lowest BCUT2D eigenvalue weighted by molar-refractivity contribution is -0.147. The zero-order valence-electron chi connectivity index (χ0n) is 18.5. The molecule has 1 N–H and O–H groups in total. The van der Waals surface area contributed by atoms with Crippen LogP contribution in [-0.2, 0) is 27.2 Å². The molecule has 1 aromatic carbocycles. The van der Waals surface area contributed by atoms with Gasteiger partial charge in [-0.1, -0.05) is 32.9 Å². The second kappa shape index (κ2) is 7.77. The van der Waals surface area contributed by atoms with Crippen molar-refractivity contribution in [3.8, 4) is 0 Å². The molecule has 0 radical (unpaired) electrons. The first-order valence-corrected chi connectivity index (χ1v) is 11.0. The van der Waals surface area contributed by atoms with Gasteiger partial charge in [-0.2, -0.15) is 0 Å². The van der Waals surface area contributed by atoms with Gasteiger partial charge in [-0.3, -0.25) is 19.3 Å². The Morgan fingerprint density at radius 1 is 1.16 bits per heavy atom. The van der Waals surface area contributed by atoms with Gasteiger partial charge in [0.15, 0.2) is 12.4 Å². The third-order valence-electron chi connectivity index (χ3n) is 6.70. The second-order valence-corrected chi connectivity index (χ2v) is 10.2. The first kappa shape index (κ1) is 21.5. The van der Waals surface area contributed by atoms with Gasteiger partial charge in [-0.05, 0) is 67.1 Å². The van der Waals surface area contributed by atoms with Gasteiger partial charge in [0.2, 0.25) is 0 Å². The SMILES string of the molecule is C[C@H]1CC(C)(C)C[C@@]2(C1)NC(=O)N(CC(=O)OCC(=O)c1ccc3c(c1)CCC3)C2=O. The van der Waals surface area contributed by atoms with Crippen LogP contribution in [-0.4, -0.2) is 47.3 Å². The van der Waals surface area contributed by atoms with Crippen LogP contribution in [0.2, 0.25) is 0 Å². The molecule has 2 aliphatic carbocycles. The smallest absolute Gasteiger partial charge is 0.326 e. The number of imide groups is 1. The van der Waals surface area contributed by atoms with Crippen molar-refractivity contribution >= 4 is 23.7 Å². The highest BCUT2D eigenvalue weighted by Crippen LogP contribution is 2.46. The van der Waals surface area contributed by atoms with Crippen LogP contribution in [0, 0.1) is 11.3 Å². The van der Waals surface area contributed by atoms with E-state index in [0.29, 0.717) is 18.4 Å². The van der Waals surface area contributed by atoms with E-state index in [4.69, 9.17) is 4.74 Å². The van der Waals surface area contributed by atoms with E-state index in [9.17, 15) is 19.2 Å². The van der Waals surface area contributed by atoms with Crippen molar-refractivity contribution in [3.05, 3.63) is 34.9 Å². The van der Waals surface area contributed by atoms with Gasteiger partial charge < -0.3 is 10.1 Å². The van der Waals surface area contributed by atoms with Crippen molar-refractivity contribution in [3.63, 3.8) is 0 Å². The van der Waals surface area contributed by atoms with Crippen molar-refractivity contribution in [2.45, 2.75) is 64.8 Å². The number of amides is 3. The molecule has 1 saturated heterocycles. The third-order valence-corrected chi connectivity index (χ3v) is 6.70. The van der Waals surface area contributed by atoms with Crippen LogP contribution in [0.1, 0.15) is 67.9 Å². The molecule has 1 heterocycles. The molecule has 31 heavy (non-hydrogen) atoms. The lowest BCUT2D eigenvalue weighted by Crippen LogP contribution is -2.54. The number of hydrogen-bond acceptors (Lipinski definition) is 5. The number of benzene rings is 1. The summed E-state index contributed by atoms with van der Waals surface area (Å²) < 4.78 is 5.11. The van der Waals surface area contributed by atoms with Crippen LogP contribution in [0.4, 0.5) is 4.79 Å². The largest absolute Gasteiger partial charge is 0.456 e. The minimum Gasteiger partial charge on any atom is -0.456 e. The Balaban J connectivity index is 1.36. The number of ether oxygens (including phenoxy) is 1. The van der Waals surface area contributed by atoms with E-state index in [1.165, 1.54) is 11.1 Å². The first-order valence-electron chi connectivity index (χ1n) is 11.0. The zero-order valence-corrected chi connectivity index (χ0v) is 18.5. The number of carbonyl (C=O) groups excluding carboxylic acids is 4. The maximum absolute atomic E-state index is 13.1. The average molecular weight is 427 g/mol. The van der Waals surface area contributed by atoms with Crippen LogP contribution in [0.25, 0.3) is 0 Å². The van der Waals surface area contributed by atoms with Gasteiger partial charge in [0.05, 0.1) is 0 Å². The summed E-state index contributed by atoms with van der Waals surface area (Å²) in [5, 5.41) is 2.84. The quantitative estimate of drug-likeness (QED) is 0.444. The molecular formula is C24H30N2O5. The molecule has 0 aromatic heterocycles. The highest BCUT2D eigenvalue weighted by Gasteiger charge is 2.56. The Morgan fingerprint density at radius 2 is 1.90 bits per heavy atom. The second-order valence-electron chi connectivity index (χ2n) is 10.2. The number of urea groups is 1. The molecule has 1 aliphatic heterocycles. The van der Waals surface area contributed by atoms with E-state index >= 15 is 0 Å². The zero-order chi connectivity index (χ0) is 22.4. The average Bonchev–Trinajstić information content (AvgIpc) is 3.22. The number of fused-ring (bicyclic) bond motifs is 1. The Hall–Kier alpha value is -2.70. The third kappa shape index (κ3) is 4.23. The predicted octanol–water partition coefficient (Wildman–Crippen LogP) is 3.04. The number of ketones is 1. The Morgan fingerprint density at radius 3 is 2.65 bits per heavy atom. The molecular weight excluding hydrogens is 396 g/mol.